The second-order valence-electron chi connectivity index (χ2n) is 6.28. The van der Waals surface area contributed by atoms with Gasteiger partial charge in [-0.25, -0.2) is 4.79 Å². The normalized spacial score (nSPS) is 28.9. The first kappa shape index (κ1) is 16.3. The van der Waals surface area contributed by atoms with E-state index < -0.39 is 48.2 Å². The highest BCUT2D eigenvalue weighted by atomic mass is 16.6. The monoisotopic (exact) mass is 313 g/mol. The fourth-order valence-electron chi connectivity index (χ4n) is 2.40. The third-order valence-electron chi connectivity index (χ3n) is 3.64. The molecule has 122 valence electrons. The van der Waals surface area contributed by atoms with Gasteiger partial charge in [0.25, 0.3) is 0 Å². The van der Waals surface area contributed by atoms with Gasteiger partial charge in [-0.05, 0) is 26.8 Å². The zero-order chi connectivity index (χ0) is 16.7. The van der Waals surface area contributed by atoms with Crippen LogP contribution in [0.25, 0.3) is 0 Å². The molecule has 2 heterocycles. The van der Waals surface area contributed by atoms with E-state index in [1.54, 1.807) is 20.8 Å². The number of rotatable bonds is 4. The van der Waals surface area contributed by atoms with E-state index in [0.717, 1.165) is 4.90 Å². The maximum atomic E-state index is 11.9. The zero-order valence-corrected chi connectivity index (χ0v) is 12.7. The number of aliphatic carboxylic acids is 1. The van der Waals surface area contributed by atoms with Crippen molar-refractivity contribution in [2.75, 3.05) is 13.2 Å². The van der Waals surface area contributed by atoms with Crippen molar-refractivity contribution in [1.29, 1.82) is 0 Å². The molecule has 2 saturated heterocycles. The summed E-state index contributed by atoms with van der Waals surface area (Å²) in [5.41, 5.74) is -2.72. The van der Waals surface area contributed by atoms with Gasteiger partial charge in [0.15, 0.2) is 6.23 Å². The summed E-state index contributed by atoms with van der Waals surface area (Å²) >= 11 is 0. The average Bonchev–Trinajstić information content (AvgIpc) is 2.64. The van der Waals surface area contributed by atoms with Gasteiger partial charge in [0.2, 0.25) is 11.4 Å². The molecular weight excluding hydrogens is 294 g/mol. The van der Waals surface area contributed by atoms with Crippen molar-refractivity contribution in [2.24, 2.45) is 5.41 Å². The molecule has 0 saturated carbocycles. The maximum Gasteiger partial charge on any atom is 0.341 e. The lowest BCUT2D eigenvalue weighted by atomic mass is 9.92. The van der Waals surface area contributed by atoms with Crippen molar-refractivity contribution in [3.63, 3.8) is 0 Å². The number of nitrogens with zero attached hydrogens (tertiary/aromatic N) is 1. The number of amides is 1. The molecule has 2 aliphatic rings. The van der Waals surface area contributed by atoms with Crippen LogP contribution in [0.5, 0.6) is 0 Å². The molecule has 2 N–H and O–H groups in total. The Balaban J connectivity index is 2.33. The van der Waals surface area contributed by atoms with Crippen LogP contribution < -0.4 is 0 Å². The van der Waals surface area contributed by atoms with Gasteiger partial charge in [-0.3, -0.25) is 14.5 Å². The molecule has 8 heteroatoms. The van der Waals surface area contributed by atoms with E-state index in [1.165, 1.54) is 6.08 Å². The van der Waals surface area contributed by atoms with E-state index in [-0.39, 0.29) is 12.2 Å². The lowest BCUT2D eigenvalue weighted by Gasteiger charge is -2.40. The fourth-order valence-corrected chi connectivity index (χ4v) is 2.40. The Morgan fingerprint density at radius 1 is 1.50 bits per heavy atom. The van der Waals surface area contributed by atoms with Gasteiger partial charge >= 0.3 is 11.9 Å². The molecule has 8 nitrogen and oxygen atoms in total. The topological polar surface area (TPSA) is 113 Å². The fraction of sp³-hybridized carbons (Fsp3) is 0.643. The summed E-state index contributed by atoms with van der Waals surface area (Å²) in [6, 6.07) is 0. The number of hydrogen-bond acceptors (Lipinski definition) is 6. The molecule has 2 aliphatic heterocycles. The highest BCUT2D eigenvalue weighted by molar-refractivity contribution is 5.95. The van der Waals surface area contributed by atoms with Crippen LogP contribution in [0.2, 0.25) is 0 Å². The molecule has 0 aromatic rings. The minimum atomic E-state index is -1.91. The van der Waals surface area contributed by atoms with Crippen LogP contribution in [-0.4, -0.2) is 57.9 Å². The number of fused-ring (bicyclic) bond motifs is 1. The van der Waals surface area contributed by atoms with E-state index in [4.69, 9.17) is 14.6 Å². The van der Waals surface area contributed by atoms with Crippen LogP contribution in [0.15, 0.2) is 11.8 Å². The van der Waals surface area contributed by atoms with Crippen molar-refractivity contribution in [2.45, 2.75) is 39.0 Å². The molecule has 0 unspecified atom stereocenters. The minimum absolute atomic E-state index is 0.0605. The Labute approximate surface area is 127 Å². The smallest absolute Gasteiger partial charge is 0.341 e. The van der Waals surface area contributed by atoms with Gasteiger partial charge < -0.3 is 19.7 Å². The third-order valence-corrected chi connectivity index (χ3v) is 3.64. The van der Waals surface area contributed by atoms with E-state index >= 15 is 0 Å². The van der Waals surface area contributed by atoms with E-state index in [9.17, 15) is 19.5 Å². The Hall–Kier alpha value is -2.09. The summed E-state index contributed by atoms with van der Waals surface area (Å²) in [7, 11) is 0. The van der Waals surface area contributed by atoms with Crippen molar-refractivity contribution >= 4 is 17.8 Å². The first-order chi connectivity index (χ1) is 10.1. The molecule has 2 fully saturated rings. The standard InChI is InChI=1S/C14H19NO7/c1-13(2,3)12(20)21-7-14(11(18)19)8(4-5-16)22-10-6-9(17)15(10)14/h4,10,16H,5-7H2,1-3H3,(H,18,19)/b8-4-/t10-,14-/m1/s1. The number of hydrogen-bond donors (Lipinski definition) is 2. The minimum Gasteiger partial charge on any atom is -0.479 e. The van der Waals surface area contributed by atoms with Crippen LogP contribution in [0.1, 0.15) is 27.2 Å². The lowest BCUT2D eigenvalue weighted by molar-refractivity contribution is -0.178. The number of aliphatic hydroxyl groups is 1. The highest BCUT2D eigenvalue weighted by Crippen LogP contribution is 2.44. The highest BCUT2D eigenvalue weighted by Gasteiger charge is 2.65. The number of carboxylic acids is 1. The molecule has 1 amide bonds. The second-order valence-corrected chi connectivity index (χ2v) is 6.28. The first-order valence-corrected chi connectivity index (χ1v) is 6.85. The van der Waals surface area contributed by atoms with E-state index in [1.807, 2.05) is 0 Å². The summed E-state index contributed by atoms with van der Waals surface area (Å²) < 4.78 is 10.5. The number of carbonyl (C=O) groups excluding carboxylic acids is 2. The Morgan fingerprint density at radius 2 is 2.14 bits per heavy atom. The van der Waals surface area contributed by atoms with Crippen molar-refractivity contribution in [3.8, 4) is 0 Å². The number of β-lactam (4-membered cyclic amide) rings is 1. The van der Waals surface area contributed by atoms with Crippen LogP contribution in [0, 0.1) is 5.41 Å². The van der Waals surface area contributed by atoms with Gasteiger partial charge in [-0.2, -0.15) is 0 Å². The Kier molecular flexibility index (Phi) is 3.90. The predicted molar refractivity (Wildman–Crippen MR) is 72.3 cm³/mol. The van der Waals surface area contributed by atoms with E-state index in [0.29, 0.717) is 0 Å². The van der Waals surface area contributed by atoms with Crippen molar-refractivity contribution in [1.82, 2.24) is 4.90 Å². The molecule has 0 aromatic carbocycles. The van der Waals surface area contributed by atoms with E-state index in [2.05, 4.69) is 0 Å². The number of carboxylic acid groups (broad SMARTS) is 1. The zero-order valence-electron chi connectivity index (χ0n) is 12.7. The number of aliphatic hydroxyl groups excluding tert-OH is 1. The van der Waals surface area contributed by atoms with Crippen molar-refractivity contribution in [3.05, 3.63) is 11.8 Å². The summed E-state index contributed by atoms with van der Waals surface area (Å²) in [4.78, 5) is 36.6. The van der Waals surface area contributed by atoms with Crippen molar-refractivity contribution < 1.29 is 34.1 Å². The molecule has 0 aromatic heterocycles. The Morgan fingerprint density at radius 3 is 2.59 bits per heavy atom. The quantitative estimate of drug-likeness (QED) is 0.548. The van der Waals surface area contributed by atoms with Crippen LogP contribution >= 0.6 is 0 Å². The maximum absolute atomic E-state index is 11.9. The molecule has 22 heavy (non-hydrogen) atoms. The van der Waals surface area contributed by atoms with Gasteiger partial charge in [0.05, 0.1) is 18.4 Å². The molecule has 2 rings (SSSR count). The van der Waals surface area contributed by atoms with Gasteiger partial charge in [0.1, 0.15) is 12.4 Å². The molecule has 0 bridgehead atoms. The summed E-state index contributed by atoms with van der Waals surface area (Å²) in [6.07, 6.45) is 0.532. The number of esters is 1. The molecule has 0 spiro atoms. The van der Waals surface area contributed by atoms with Crippen LogP contribution in [-0.2, 0) is 23.9 Å². The summed E-state index contributed by atoms with van der Waals surface area (Å²) in [5, 5.41) is 18.7. The first-order valence-electron chi connectivity index (χ1n) is 6.85. The SMILES string of the molecule is CC(C)(C)C(=O)OC[C@]1(C(=O)O)/C(=C/CO)O[C@@H]2CC(=O)N21. The predicted octanol–water partition coefficient (Wildman–Crippen LogP) is -0.136. The average molecular weight is 313 g/mol. The third kappa shape index (κ3) is 2.33. The van der Waals surface area contributed by atoms with Gasteiger partial charge in [-0.15, -0.1) is 0 Å². The summed E-state index contributed by atoms with van der Waals surface area (Å²) in [6.45, 7) is 3.89. The lowest BCUT2D eigenvalue weighted by Crippen LogP contribution is -2.65. The molecule has 0 radical (unpaired) electrons. The molecular formula is C14H19NO7. The van der Waals surface area contributed by atoms with Crippen LogP contribution in [0.3, 0.4) is 0 Å². The van der Waals surface area contributed by atoms with Gasteiger partial charge in [-0.1, -0.05) is 0 Å². The van der Waals surface area contributed by atoms with Crippen LogP contribution in [0.4, 0.5) is 0 Å². The van der Waals surface area contributed by atoms with Gasteiger partial charge in [0, 0.05) is 0 Å². The Bertz CT molecular complexity index is 548. The number of ether oxygens (including phenoxy) is 2. The molecule has 0 aliphatic carbocycles. The summed E-state index contributed by atoms with van der Waals surface area (Å²) in [5.74, 6) is -2.45. The molecule has 2 atom stereocenters. The second kappa shape index (κ2) is 5.28. The number of carbonyl (C=O) groups is 3. The largest absolute Gasteiger partial charge is 0.479 e.